The number of hydrogen-bond donors (Lipinski definition) is 1. The van der Waals surface area contributed by atoms with Gasteiger partial charge in [0.15, 0.2) is 0 Å². The summed E-state index contributed by atoms with van der Waals surface area (Å²) in [6.45, 7) is 2.41. The summed E-state index contributed by atoms with van der Waals surface area (Å²) in [5.41, 5.74) is 8.69. The average Bonchev–Trinajstić information content (AvgIpc) is 3.03. The third-order valence-electron chi connectivity index (χ3n) is 9.58. The van der Waals surface area contributed by atoms with Crippen LogP contribution in [0.15, 0.2) is 133 Å². The van der Waals surface area contributed by atoms with E-state index in [9.17, 15) is 5.11 Å². The maximum absolute atomic E-state index is 10.7. The Labute approximate surface area is 238 Å². The molecule has 8 aromatic rings. The molecule has 1 heteroatoms. The number of hydrogen-bond acceptors (Lipinski definition) is 1. The van der Waals surface area contributed by atoms with Crippen molar-refractivity contribution in [2.75, 3.05) is 0 Å². The summed E-state index contributed by atoms with van der Waals surface area (Å²) in [7, 11) is 0. The Bertz CT molecular complexity index is 2340. The molecule has 0 amide bonds. The smallest absolute Gasteiger partial charge is 0.123 e. The zero-order valence-electron chi connectivity index (χ0n) is 22.6. The van der Waals surface area contributed by atoms with Crippen LogP contribution in [0, 0.1) is 0 Å². The Balaban J connectivity index is 1.43. The van der Waals surface area contributed by atoms with Gasteiger partial charge in [-0.25, -0.2) is 0 Å². The van der Waals surface area contributed by atoms with Crippen LogP contribution < -0.4 is 0 Å². The fourth-order valence-corrected chi connectivity index (χ4v) is 7.76. The monoisotopic (exact) mass is 522 g/mol. The zero-order chi connectivity index (χ0) is 27.3. The van der Waals surface area contributed by atoms with Crippen LogP contribution in [0.1, 0.15) is 23.6 Å². The minimum absolute atomic E-state index is 0.329. The lowest BCUT2D eigenvalue weighted by Crippen LogP contribution is -2.29. The lowest BCUT2D eigenvalue weighted by Gasteiger charge is -2.40. The lowest BCUT2D eigenvalue weighted by atomic mass is 9.62. The van der Waals surface area contributed by atoms with Crippen molar-refractivity contribution in [3.05, 3.63) is 150 Å². The van der Waals surface area contributed by atoms with Crippen LogP contribution in [-0.4, -0.2) is 5.11 Å². The number of phenolic OH excluding ortho intramolecular Hbond substituents is 1. The Morgan fingerprint density at radius 3 is 1.76 bits per heavy atom. The van der Waals surface area contributed by atoms with E-state index in [1.54, 1.807) is 0 Å². The molecule has 1 atom stereocenters. The first-order valence-corrected chi connectivity index (χ1v) is 14.3. The van der Waals surface area contributed by atoms with Crippen molar-refractivity contribution in [3.8, 4) is 28.0 Å². The lowest BCUT2D eigenvalue weighted by molar-refractivity contribution is 0.482. The van der Waals surface area contributed by atoms with Gasteiger partial charge >= 0.3 is 0 Å². The molecule has 1 aliphatic carbocycles. The van der Waals surface area contributed by atoms with Crippen molar-refractivity contribution >= 4 is 43.1 Å². The van der Waals surface area contributed by atoms with Crippen molar-refractivity contribution < 1.29 is 5.11 Å². The van der Waals surface area contributed by atoms with Crippen LogP contribution in [0.5, 0.6) is 5.75 Å². The van der Waals surface area contributed by atoms with E-state index in [-0.39, 0.29) is 5.41 Å². The molecular weight excluding hydrogens is 496 g/mol. The van der Waals surface area contributed by atoms with Crippen molar-refractivity contribution in [1.82, 2.24) is 0 Å². The van der Waals surface area contributed by atoms with Gasteiger partial charge in [-0.3, -0.25) is 0 Å². The van der Waals surface area contributed by atoms with Gasteiger partial charge in [-0.05, 0) is 90.3 Å². The van der Waals surface area contributed by atoms with Gasteiger partial charge in [0.2, 0.25) is 0 Å². The molecule has 0 fully saturated rings. The number of rotatable bonds is 2. The van der Waals surface area contributed by atoms with Gasteiger partial charge in [0.25, 0.3) is 0 Å². The molecule has 9 rings (SSSR count). The largest absolute Gasteiger partial charge is 0.507 e. The topological polar surface area (TPSA) is 20.2 Å². The molecule has 1 N–H and O–H groups in total. The normalized spacial score (nSPS) is 16.1. The van der Waals surface area contributed by atoms with Crippen molar-refractivity contribution in [3.63, 3.8) is 0 Å². The summed E-state index contributed by atoms with van der Waals surface area (Å²) in [5.74, 6) is 0.329. The van der Waals surface area contributed by atoms with E-state index < -0.39 is 0 Å². The molecule has 0 saturated carbocycles. The predicted molar refractivity (Wildman–Crippen MR) is 172 cm³/mol. The summed E-state index contributed by atoms with van der Waals surface area (Å²) in [4.78, 5) is 0. The highest BCUT2D eigenvalue weighted by Crippen LogP contribution is 2.54. The van der Waals surface area contributed by atoms with Crippen LogP contribution in [0.3, 0.4) is 0 Å². The molecule has 0 aliphatic heterocycles. The summed E-state index contributed by atoms with van der Waals surface area (Å²) in [5, 5.41) is 20.1. The molecule has 1 unspecified atom stereocenters. The maximum Gasteiger partial charge on any atom is 0.123 e. The second kappa shape index (κ2) is 7.96. The van der Waals surface area contributed by atoms with Crippen LogP contribution in [0.25, 0.3) is 65.3 Å². The number of benzene rings is 8. The fraction of sp³-hybridized carbons (Fsp3) is 0.0500. The molecule has 8 aromatic carbocycles. The zero-order valence-corrected chi connectivity index (χ0v) is 22.6. The van der Waals surface area contributed by atoms with Crippen molar-refractivity contribution in [2.24, 2.45) is 0 Å². The Morgan fingerprint density at radius 2 is 0.976 bits per heavy atom. The van der Waals surface area contributed by atoms with Gasteiger partial charge in [-0.1, -0.05) is 121 Å². The molecule has 0 radical (unpaired) electrons. The molecule has 192 valence electrons. The first-order valence-electron chi connectivity index (χ1n) is 14.3. The standard InChI is InChI=1S/C40H26O/c1-40(33-16-4-2-12-27(33)29-14-6-9-24-11-8-18-35(40)37(24)29)34-17-5-3-13-28(34)32-23-26-20-22-36(41)31-21-19-25-10-7-15-30(32)38(25)39(26)31/h2-23,41H,1H3. The van der Waals surface area contributed by atoms with Gasteiger partial charge in [0, 0.05) is 16.2 Å². The fourth-order valence-electron chi connectivity index (χ4n) is 7.76. The molecule has 1 nitrogen and oxygen atoms in total. The van der Waals surface area contributed by atoms with E-state index in [0.717, 1.165) is 16.2 Å². The van der Waals surface area contributed by atoms with Crippen LogP contribution in [0.2, 0.25) is 0 Å². The van der Waals surface area contributed by atoms with Gasteiger partial charge in [0.1, 0.15) is 5.75 Å². The first kappa shape index (κ1) is 22.7. The predicted octanol–water partition coefficient (Wildman–Crippen LogP) is 10.4. The number of phenols is 1. The van der Waals surface area contributed by atoms with Crippen molar-refractivity contribution in [2.45, 2.75) is 12.3 Å². The van der Waals surface area contributed by atoms with Gasteiger partial charge in [0.05, 0.1) is 0 Å². The van der Waals surface area contributed by atoms with E-state index in [4.69, 9.17) is 0 Å². The van der Waals surface area contributed by atoms with Gasteiger partial charge < -0.3 is 5.11 Å². The Hall–Kier alpha value is -5.14. The maximum atomic E-state index is 10.7. The quantitative estimate of drug-likeness (QED) is 0.224. The van der Waals surface area contributed by atoms with Gasteiger partial charge in [-0.15, -0.1) is 0 Å². The molecule has 41 heavy (non-hydrogen) atoms. The highest BCUT2D eigenvalue weighted by Gasteiger charge is 2.40. The highest BCUT2D eigenvalue weighted by molar-refractivity contribution is 6.27. The van der Waals surface area contributed by atoms with Crippen LogP contribution in [0.4, 0.5) is 0 Å². The van der Waals surface area contributed by atoms with Crippen LogP contribution in [-0.2, 0) is 5.41 Å². The van der Waals surface area contributed by atoms with E-state index in [1.807, 2.05) is 12.1 Å². The Morgan fingerprint density at radius 1 is 0.415 bits per heavy atom. The number of aromatic hydroxyl groups is 1. The molecule has 0 aromatic heterocycles. The molecule has 0 spiro atoms. The van der Waals surface area contributed by atoms with E-state index >= 15 is 0 Å². The van der Waals surface area contributed by atoms with Gasteiger partial charge in [-0.2, -0.15) is 0 Å². The summed E-state index contributed by atoms with van der Waals surface area (Å²) in [6, 6.07) is 48.3. The molecule has 0 bridgehead atoms. The van der Waals surface area contributed by atoms with E-state index in [0.29, 0.717) is 5.75 Å². The summed E-state index contributed by atoms with van der Waals surface area (Å²) in [6.07, 6.45) is 0. The molecular formula is C40H26O. The summed E-state index contributed by atoms with van der Waals surface area (Å²) < 4.78 is 0. The SMILES string of the molecule is CC1(c2ccccc2-c2cc3ccc(O)c4ccc5cccc2c5c34)c2ccccc2-c2cccc3cccc1c23. The second-order valence-electron chi connectivity index (χ2n) is 11.5. The molecule has 0 saturated heterocycles. The summed E-state index contributed by atoms with van der Waals surface area (Å²) >= 11 is 0. The minimum Gasteiger partial charge on any atom is -0.507 e. The van der Waals surface area contributed by atoms with Crippen LogP contribution >= 0.6 is 0 Å². The highest BCUT2D eigenvalue weighted by atomic mass is 16.3. The van der Waals surface area contributed by atoms with E-state index in [1.165, 1.54) is 65.9 Å². The minimum atomic E-state index is -0.364. The van der Waals surface area contributed by atoms with E-state index in [2.05, 4.69) is 128 Å². The second-order valence-corrected chi connectivity index (χ2v) is 11.5. The van der Waals surface area contributed by atoms with Crippen molar-refractivity contribution in [1.29, 1.82) is 0 Å². The molecule has 0 heterocycles. The average molecular weight is 523 g/mol. The third-order valence-corrected chi connectivity index (χ3v) is 9.58. The molecule has 1 aliphatic rings. The number of fused-ring (bicyclic) bond motifs is 2. The first-order chi connectivity index (χ1) is 20.1. The third kappa shape index (κ3) is 2.85. The Kier molecular flexibility index (Phi) is 4.40.